The van der Waals surface area contributed by atoms with Crippen LogP contribution in [-0.2, 0) is 25.7 Å². The van der Waals surface area contributed by atoms with Gasteiger partial charge < -0.3 is 11.5 Å². The Labute approximate surface area is 172 Å². The smallest absolute Gasteiger partial charge is 0.0382 e. The van der Waals surface area contributed by atoms with E-state index in [-0.39, 0.29) is 0 Å². The van der Waals surface area contributed by atoms with Crippen molar-refractivity contribution in [3.8, 4) is 0 Å². The van der Waals surface area contributed by atoms with Crippen LogP contribution < -0.4 is 11.5 Å². The van der Waals surface area contributed by atoms with Gasteiger partial charge in [-0.05, 0) is 59.1 Å². The predicted octanol–water partition coefficient (Wildman–Crippen LogP) is 6.81. The molecule has 2 aromatic rings. The molecule has 0 saturated heterocycles. The maximum atomic E-state index is 6.64. The van der Waals surface area contributed by atoms with Gasteiger partial charge in [0.15, 0.2) is 0 Å². The van der Waals surface area contributed by atoms with Gasteiger partial charge in [-0.25, -0.2) is 0 Å². The molecule has 4 N–H and O–H groups in total. The molecule has 0 amide bonds. The van der Waals surface area contributed by atoms with Crippen molar-refractivity contribution in [1.82, 2.24) is 0 Å². The van der Waals surface area contributed by atoms with Crippen molar-refractivity contribution in [3.05, 3.63) is 57.6 Å². The molecular weight excluding hydrogens is 340 g/mol. The third-order valence-electron chi connectivity index (χ3n) is 5.94. The van der Waals surface area contributed by atoms with Crippen molar-refractivity contribution in [1.29, 1.82) is 0 Å². The quantitative estimate of drug-likeness (QED) is 0.445. The summed E-state index contributed by atoms with van der Waals surface area (Å²) in [5.74, 6) is 0.305. The molecule has 154 valence electrons. The number of aryl methyl sites for hydroxylation is 2. The van der Waals surface area contributed by atoms with E-state index >= 15 is 0 Å². The van der Waals surface area contributed by atoms with Gasteiger partial charge in [0.25, 0.3) is 0 Å². The van der Waals surface area contributed by atoms with Crippen LogP contribution in [-0.4, -0.2) is 0 Å². The first kappa shape index (κ1) is 22.3. The van der Waals surface area contributed by atoms with Crippen LogP contribution in [0.4, 0.5) is 11.4 Å². The summed E-state index contributed by atoms with van der Waals surface area (Å²) in [4.78, 5) is 0. The molecular formula is C26H40N2. The lowest BCUT2D eigenvalue weighted by Gasteiger charge is -2.24. The van der Waals surface area contributed by atoms with Crippen LogP contribution in [0.2, 0.25) is 0 Å². The molecule has 0 atom stereocenters. The normalized spacial score (nSPS) is 11.4. The van der Waals surface area contributed by atoms with Gasteiger partial charge in [0, 0.05) is 17.3 Å². The van der Waals surface area contributed by atoms with Crippen LogP contribution in [0.3, 0.4) is 0 Å². The van der Waals surface area contributed by atoms with Crippen molar-refractivity contribution in [2.45, 2.75) is 91.9 Å². The minimum atomic E-state index is 0.305. The molecule has 0 radical (unpaired) electrons. The van der Waals surface area contributed by atoms with Gasteiger partial charge in [-0.15, -0.1) is 0 Å². The number of benzene rings is 2. The highest BCUT2D eigenvalue weighted by atomic mass is 14.6. The Balaban J connectivity index is 2.57. The lowest BCUT2D eigenvalue weighted by Crippen LogP contribution is -2.11. The number of anilines is 2. The third kappa shape index (κ3) is 4.71. The molecule has 2 nitrogen and oxygen atoms in total. The second kappa shape index (κ2) is 10.5. The Kier molecular flexibility index (Phi) is 8.41. The molecule has 0 aliphatic heterocycles. The maximum absolute atomic E-state index is 6.64. The molecule has 0 saturated carbocycles. The average Bonchev–Trinajstić information content (AvgIpc) is 2.68. The molecule has 0 aliphatic carbocycles. The molecule has 0 unspecified atom stereocenters. The number of hydrogen-bond acceptors (Lipinski definition) is 2. The zero-order valence-corrected chi connectivity index (χ0v) is 18.7. The zero-order valence-electron chi connectivity index (χ0n) is 18.7. The van der Waals surface area contributed by atoms with Crippen LogP contribution in [0.15, 0.2) is 24.3 Å². The summed E-state index contributed by atoms with van der Waals surface area (Å²) in [5.41, 5.74) is 23.3. The van der Waals surface area contributed by atoms with Crippen molar-refractivity contribution >= 4 is 11.4 Å². The minimum Gasteiger partial charge on any atom is -0.398 e. The lowest BCUT2D eigenvalue weighted by atomic mass is 9.82. The van der Waals surface area contributed by atoms with E-state index in [0.29, 0.717) is 5.92 Å². The van der Waals surface area contributed by atoms with Crippen LogP contribution >= 0.6 is 0 Å². The monoisotopic (exact) mass is 380 g/mol. The van der Waals surface area contributed by atoms with Crippen molar-refractivity contribution in [2.24, 2.45) is 0 Å². The molecule has 0 fully saturated rings. The highest BCUT2D eigenvalue weighted by Crippen LogP contribution is 2.37. The van der Waals surface area contributed by atoms with Crippen LogP contribution in [0.1, 0.15) is 99.6 Å². The number of hydrogen-bond donors (Lipinski definition) is 2. The molecule has 0 spiro atoms. The fraction of sp³-hybridized carbons (Fsp3) is 0.538. The maximum Gasteiger partial charge on any atom is 0.0382 e. The Hall–Kier alpha value is -1.96. The van der Waals surface area contributed by atoms with Crippen LogP contribution in [0, 0.1) is 0 Å². The van der Waals surface area contributed by atoms with E-state index in [4.69, 9.17) is 11.5 Å². The van der Waals surface area contributed by atoms with Gasteiger partial charge in [-0.3, -0.25) is 0 Å². The Morgan fingerprint density at radius 1 is 0.607 bits per heavy atom. The van der Waals surface area contributed by atoms with Gasteiger partial charge in [0.2, 0.25) is 0 Å². The average molecular weight is 381 g/mol. The van der Waals surface area contributed by atoms with Crippen LogP contribution in [0.25, 0.3) is 0 Å². The second-order valence-corrected chi connectivity index (χ2v) is 8.13. The van der Waals surface area contributed by atoms with E-state index in [2.05, 4.69) is 58.9 Å². The molecule has 2 heteroatoms. The summed E-state index contributed by atoms with van der Waals surface area (Å²) in [6.07, 6.45) is 8.65. The Bertz CT molecular complexity index is 711. The summed E-state index contributed by atoms with van der Waals surface area (Å²) in [6, 6.07) is 9.14. The van der Waals surface area contributed by atoms with Gasteiger partial charge in [-0.2, -0.15) is 0 Å². The second-order valence-electron chi connectivity index (χ2n) is 8.13. The van der Waals surface area contributed by atoms with Crippen molar-refractivity contribution < 1.29 is 0 Å². The molecule has 0 heterocycles. The summed E-state index contributed by atoms with van der Waals surface area (Å²) >= 11 is 0. The summed E-state index contributed by atoms with van der Waals surface area (Å²) in [5, 5.41) is 0. The topological polar surface area (TPSA) is 52.0 Å². The number of rotatable bonds is 10. The first-order chi connectivity index (χ1) is 13.5. The Morgan fingerprint density at radius 3 is 1.29 bits per heavy atom. The first-order valence-corrected chi connectivity index (χ1v) is 11.3. The predicted molar refractivity (Wildman–Crippen MR) is 125 cm³/mol. The fourth-order valence-electron chi connectivity index (χ4n) is 4.47. The molecule has 2 aromatic carbocycles. The van der Waals surface area contributed by atoms with E-state index in [1.165, 1.54) is 33.4 Å². The number of nitrogen functional groups attached to an aromatic ring is 2. The lowest BCUT2D eigenvalue weighted by molar-refractivity contribution is 0.819. The highest BCUT2D eigenvalue weighted by molar-refractivity contribution is 5.63. The summed E-state index contributed by atoms with van der Waals surface area (Å²) in [7, 11) is 0. The summed E-state index contributed by atoms with van der Waals surface area (Å²) in [6.45, 7) is 11.2. The van der Waals surface area contributed by atoms with Gasteiger partial charge in [0.05, 0.1) is 0 Å². The van der Waals surface area contributed by atoms with E-state index in [0.717, 1.165) is 62.7 Å². The largest absolute Gasteiger partial charge is 0.398 e. The SMILES string of the molecule is CCCc1ccc(C(C)c2ccc(CCC)c(N)c2CCC)c(CCC)c1N. The fourth-order valence-corrected chi connectivity index (χ4v) is 4.47. The minimum absolute atomic E-state index is 0.305. The van der Waals surface area contributed by atoms with E-state index in [1.54, 1.807) is 0 Å². The van der Waals surface area contributed by atoms with Gasteiger partial charge in [0.1, 0.15) is 0 Å². The van der Waals surface area contributed by atoms with E-state index < -0.39 is 0 Å². The standard InChI is InChI=1S/C26H40N2/c1-6-10-19-14-16-21(23(12-8-3)25(19)27)18(5)22-17-15-20(11-7-2)26(28)24(22)13-9-4/h14-18H,6-13,27-28H2,1-5H3. The molecule has 28 heavy (non-hydrogen) atoms. The van der Waals surface area contributed by atoms with Crippen molar-refractivity contribution in [3.63, 3.8) is 0 Å². The first-order valence-electron chi connectivity index (χ1n) is 11.3. The van der Waals surface area contributed by atoms with E-state index in [9.17, 15) is 0 Å². The number of nitrogens with two attached hydrogens (primary N) is 2. The molecule has 0 bridgehead atoms. The van der Waals surface area contributed by atoms with Gasteiger partial charge >= 0.3 is 0 Å². The molecule has 2 rings (SSSR count). The molecule has 0 aliphatic rings. The Morgan fingerprint density at radius 2 is 0.964 bits per heavy atom. The van der Waals surface area contributed by atoms with Crippen LogP contribution in [0.5, 0.6) is 0 Å². The van der Waals surface area contributed by atoms with Gasteiger partial charge in [-0.1, -0.05) is 84.6 Å². The summed E-state index contributed by atoms with van der Waals surface area (Å²) < 4.78 is 0. The van der Waals surface area contributed by atoms with Crippen molar-refractivity contribution in [2.75, 3.05) is 11.5 Å². The zero-order chi connectivity index (χ0) is 20.7. The van der Waals surface area contributed by atoms with E-state index in [1.807, 2.05) is 0 Å². The third-order valence-corrected chi connectivity index (χ3v) is 5.94. The molecule has 0 aromatic heterocycles. The highest BCUT2D eigenvalue weighted by Gasteiger charge is 2.20.